The Morgan fingerprint density at radius 3 is 2.38 bits per heavy atom. The fraction of sp³-hybridized carbons (Fsp3) is 0.167. The lowest BCUT2D eigenvalue weighted by Gasteiger charge is -2.10. The van der Waals surface area contributed by atoms with E-state index in [1.165, 1.54) is 32.4 Å². The van der Waals surface area contributed by atoms with Crippen LogP contribution in [0.5, 0.6) is 11.5 Å². The Hall–Kier alpha value is -2.76. The molecule has 0 aromatic heterocycles. The maximum Gasteiger partial charge on any atom is 0.417 e. The number of allylic oxidation sites excluding steroid dienone is 1. The lowest BCUT2D eigenvalue weighted by Crippen LogP contribution is -2.11. The van der Waals surface area contributed by atoms with Gasteiger partial charge >= 0.3 is 6.18 Å². The molecular weight excluding hydrogens is 321 g/mol. The maximum atomic E-state index is 13.0. The molecule has 126 valence electrons. The van der Waals surface area contributed by atoms with Gasteiger partial charge in [-0.25, -0.2) is 0 Å². The molecule has 0 spiro atoms. The van der Waals surface area contributed by atoms with Crippen LogP contribution >= 0.6 is 0 Å². The molecule has 2 aromatic carbocycles. The van der Waals surface area contributed by atoms with Gasteiger partial charge in [0.15, 0.2) is 5.78 Å². The number of alkyl halides is 3. The molecule has 0 saturated heterocycles. The summed E-state index contributed by atoms with van der Waals surface area (Å²) < 4.78 is 49.2. The number of carbonyl (C=O) groups excluding carboxylic acids is 1. The summed E-state index contributed by atoms with van der Waals surface area (Å²) >= 11 is 0. The topological polar surface area (TPSA) is 35.5 Å². The number of hydrogen-bond donors (Lipinski definition) is 0. The summed E-state index contributed by atoms with van der Waals surface area (Å²) in [6.07, 6.45) is -2.10. The van der Waals surface area contributed by atoms with Gasteiger partial charge in [-0.1, -0.05) is 18.2 Å². The van der Waals surface area contributed by atoms with Crippen molar-refractivity contribution in [3.8, 4) is 11.5 Å². The summed E-state index contributed by atoms with van der Waals surface area (Å²) in [4.78, 5) is 12.2. The smallest absolute Gasteiger partial charge is 0.417 e. The summed E-state index contributed by atoms with van der Waals surface area (Å²) in [6, 6.07) is 9.62. The van der Waals surface area contributed by atoms with Gasteiger partial charge in [0.25, 0.3) is 0 Å². The third-order valence-electron chi connectivity index (χ3n) is 3.35. The van der Waals surface area contributed by atoms with Crippen LogP contribution in [0.4, 0.5) is 13.2 Å². The van der Waals surface area contributed by atoms with Crippen molar-refractivity contribution in [3.63, 3.8) is 0 Å². The normalized spacial score (nSPS) is 11.5. The highest BCUT2D eigenvalue weighted by molar-refractivity contribution is 6.08. The minimum absolute atomic E-state index is 0.400. The first-order valence-electron chi connectivity index (χ1n) is 6.97. The van der Waals surface area contributed by atoms with Crippen molar-refractivity contribution < 1.29 is 27.4 Å². The van der Waals surface area contributed by atoms with Gasteiger partial charge in [0.2, 0.25) is 0 Å². The molecule has 3 nitrogen and oxygen atoms in total. The summed E-state index contributed by atoms with van der Waals surface area (Å²) in [7, 11) is 2.94. The lowest BCUT2D eigenvalue weighted by atomic mass is 10.0. The van der Waals surface area contributed by atoms with Crippen LogP contribution in [0.15, 0.2) is 48.5 Å². The van der Waals surface area contributed by atoms with Crippen molar-refractivity contribution in [1.82, 2.24) is 0 Å². The third kappa shape index (κ3) is 3.95. The van der Waals surface area contributed by atoms with E-state index >= 15 is 0 Å². The molecule has 0 aliphatic rings. The average Bonchev–Trinajstić information content (AvgIpc) is 2.58. The van der Waals surface area contributed by atoms with Crippen LogP contribution in [0.2, 0.25) is 0 Å². The van der Waals surface area contributed by atoms with Crippen LogP contribution in [0.25, 0.3) is 6.08 Å². The number of rotatable bonds is 5. The number of carbonyl (C=O) groups is 1. The summed E-state index contributed by atoms with van der Waals surface area (Å²) in [5, 5.41) is 0. The lowest BCUT2D eigenvalue weighted by molar-refractivity contribution is -0.137. The van der Waals surface area contributed by atoms with Gasteiger partial charge in [-0.2, -0.15) is 13.2 Å². The monoisotopic (exact) mass is 336 g/mol. The number of ether oxygens (including phenoxy) is 2. The molecule has 0 heterocycles. The molecule has 2 rings (SSSR count). The first kappa shape index (κ1) is 17.6. The standard InChI is InChI=1S/C18H15F3O3/c1-23-13-8-10-17(24-2)12(11-13)7-9-16(22)14-5-3-4-6-15(14)18(19,20)21/h3-11H,1-2H3/b9-7+. The van der Waals surface area contributed by atoms with Crippen LogP contribution in [0.3, 0.4) is 0 Å². The Balaban J connectivity index is 2.36. The SMILES string of the molecule is COc1ccc(OC)c(/C=C/C(=O)c2ccccc2C(F)(F)F)c1. The fourth-order valence-corrected chi connectivity index (χ4v) is 2.17. The van der Waals surface area contributed by atoms with E-state index in [0.717, 1.165) is 18.2 Å². The minimum atomic E-state index is -4.59. The number of halogens is 3. The average molecular weight is 336 g/mol. The van der Waals surface area contributed by atoms with E-state index in [4.69, 9.17) is 9.47 Å². The van der Waals surface area contributed by atoms with Gasteiger partial charge in [-0.15, -0.1) is 0 Å². The molecule has 0 radical (unpaired) electrons. The van der Waals surface area contributed by atoms with Crippen LogP contribution in [0, 0.1) is 0 Å². The molecule has 0 saturated carbocycles. The Labute approximate surface area is 137 Å². The number of benzene rings is 2. The van der Waals surface area contributed by atoms with Crippen LogP contribution < -0.4 is 9.47 Å². The number of hydrogen-bond acceptors (Lipinski definition) is 3. The second-order valence-electron chi connectivity index (χ2n) is 4.85. The maximum absolute atomic E-state index is 13.0. The van der Waals surface area contributed by atoms with Gasteiger partial charge in [-0.05, 0) is 36.4 Å². The predicted molar refractivity (Wildman–Crippen MR) is 84.4 cm³/mol. The van der Waals surface area contributed by atoms with Crippen molar-refractivity contribution in [1.29, 1.82) is 0 Å². The molecule has 0 N–H and O–H groups in total. The zero-order chi connectivity index (χ0) is 17.7. The van der Waals surface area contributed by atoms with Gasteiger partial charge in [0, 0.05) is 11.1 Å². The van der Waals surface area contributed by atoms with Crippen LogP contribution in [-0.2, 0) is 6.18 Å². The summed E-state index contributed by atoms with van der Waals surface area (Å²) in [5.41, 5.74) is -0.838. The van der Waals surface area contributed by atoms with Gasteiger partial charge in [0.05, 0.1) is 19.8 Å². The molecule has 6 heteroatoms. The fourth-order valence-electron chi connectivity index (χ4n) is 2.17. The van der Waals surface area contributed by atoms with Crippen molar-refractivity contribution in [2.24, 2.45) is 0 Å². The van der Waals surface area contributed by atoms with Crippen molar-refractivity contribution in [2.75, 3.05) is 14.2 Å². The molecular formula is C18H15F3O3. The molecule has 2 aromatic rings. The third-order valence-corrected chi connectivity index (χ3v) is 3.35. The van der Waals surface area contributed by atoms with Crippen LogP contribution in [0.1, 0.15) is 21.5 Å². The van der Waals surface area contributed by atoms with Crippen molar-refractivity contribution >= 4 is 11.9 Å². The second kappa shape index (κ2) is 7.21. The zero-order valence-electron chi connectivity index (χ0n) is 13.1. The highest BCUT2D eigenvalue weighted by Crippen LogP contribution is 2.32. The molecule has 0 aliphatic carbocycles. The second-order valence-corrected chi connectivity index (χ2v) is 4.85. The van der Waals surface area contributed by atoms with Crippen molar-refractivity contribution in [2.45, 2.75) is 6.18 Å². The summed E-state index contributed by atoms with van der Waals surface area (Å²) in [6.45, 7) is 0. The van der Waals surface area contributed by atoms with E-state index in [1.54, 1.807) is 18.2 Å². The summed E-state index contributed by atoms with van der Waals surface area (Å²) in [5.74, 6) is 0.273. The Kier molecular flexibility index (Phi) is 5.28. The molecule has 24 heavy (non-hydrogen) atoms. The largest absolute Gasteiger partial charge is 0.497 e. The highest BCUT2D eigenvalue weighted by Gasteiger charge is 2.34. The number of ketones is 1. The molecule has 0 unspecified atom stereocenters. The molecule has 0 amide bonds. The van der Waals surface area contributed by atoms with E-state index in [-0.39, 0.29) is 0 Å². The van der Waals surface area contributed by atoms with E-state index in [1.807, 2.05) is 0 Å². The Bertz CT molecular complexity index is 764. The van der Waals surface area contributed by atoms with Crippen LogP contribution in [-0.4, -0.2) is 20.0 Å². The number of methoxy groups -OCH3 is 2. The molecule has 0 bridgehead atoms. The first-order chi connectivity index (χ1) is 11.4. The van der Waals surface area contributed by atoms with E-state index in [0.29, 0.717) is 17.1 Å². The zero-order valence-corrected chi connectivity index (χ0v) is 13.1. The molecule has 0 aliphatic heterocycles. The Morgan fingerprint density at radius 1 is 1.04 bits per heavy atom. The highest BCUT2D eigenvalue weighted by atomic mass is 19.4. The molecule has 0 atom stereocenters. The van der Waals surface area contributed by atoms with E-state index in [2.05, 4.69) is 0 Å². The first-order valence-corrected chi connectivity index (χ1v) is 6.97. The minimum Gasteiger partial charge on any atom is -0.497 e. The molecule has 0 fully saturated rings. The van der Waals surface area contributed by atoms with Gasteiger partial charge in [0.1, 0.15) is 11.5 Å². The van der Waals surface area contributed by atoms with Gasteiger partial charge in [-0.3, -0.25) is 4.79 Å². The van der Waals surface area contributed by atoms with Crippen molar-refractivity contribution in [3.05, 3.63) is 65.2 Å². The Morgan fingerprint density at radius 2 is 1.75 bits per heavy atom. The predicted octanol–water partition coefficient (Wildman–Crippen LogP) is 4.62. The van der Waals surface area contributed by atoms with E-state index in [9.17, 15) is 18.0 Å². The van der Waals surface area contributed by atoms with E-state index < -0.39 is 23.1 Å². The van der Waals surface area contributed by atoms with Gasteiger partial charge < -0.3 is 9.47 Å². The quantitative estimate of drug-likeness (QED) is 0.590.